The summed E-state index contributed by atoms with van der Waals surface area (Å²) in [4.78, 5) is 11.2. The molecule has 122 valence electrons. The van der Waals surface area contributed by atoms with Crippen LogP contribution in [0.4, 0.5) is 5.69 Å². The van der Waals surface area contributed by atoms with Crippen LogP contribution in [-0.2, 0) is 4.79 Å². The number of halogens is 3. The van der Waals surface area contributed by atoms with Crippen molar-refractivity contribution in [2.45, 2.75) is 16.9 Å². The number of fused-ring (bicyclic) bond motifs is 1. The van der Waals surface area contributed by atoms with Crippen molar-refractivity contribution in [1.29, 1.82) is 0 Å². The molecule has 2 rings (SSSR count). The fourth-order valence-corrected chi connectivity index (χ4v) is 2.58. The topological polar surface area (TPSA) is 53.2 Å². The highest BCUT2D eigenvalue weighted by atomic mass is 35.6. The number of anilines is 1. The van der Waals surface area contributed by atoms with E-state index in [0.717, 1.165) is 16.5 Å². The molecule has 23 heavy (non-hydrogen) atoms. The molecule has 1 atom stereocenters. The fourth-order valence-electron chi connectivity index (χ4n) is 2.03. The van der Waals surface area contributed by atoms with E-state index in [1.165, 1.54) is 6.92 Å². The Hall–Kier alpha value is -1.27. The maximum Gasteiger partial charge on any atom is 0.228 e. The van der Waals surface area contributed by atoms with E-state index in [1.807, 2.05) is 42.5 Å². The monoisotopic (exact) mass is 389 g/mol. The van der Waals surface area contributed by atoms with Crippen LogP contribution in [0, 0.1) is 0 Å². The Morgan fingerprint density at radius 1 is 1.09 bits per heavy atom. The number of carbonyl (C=O) groups is 1. The minimum atomic E-state index is -1.75. The van der Waals surface area contributed by atoms with Crippen LogP contribution in [-0.4, -0.2) is 21.0 Å². The molecular formula is C15H14Cl3N3OS. The second-order valence-corrected chi connectivity index (χ2v) is 7.58. The van der Waals surface area contributed by atoms with Gasteiger partial charge in [-0.1, -0.05) is 71.2 Å². The highest BCUT2D eigenvalue weighted by Crippen LogP contribution is 2.29. The largest absolute Gasteiger partial charge is 0.339 e. The minimum absolute atomic E-state index is 0.228. The van der Waals surface area contributed by atoms with E-state index in [0.29, 0.717) is 0 Å². The van der Waals surface area contributed by atoms with Gasteiger partial charge in [-0.15, -0.1) is 0 Å². The first kappa shape index (κ1) is 18.1. The van der Waals surface area contributed by atoms with E-state index in [4.69, 9.17) is 47.0 Å². The Labute approximate surface area is 154 Å². The second-order valence-electron chi connectivity index (χ2n) is 4.80. The summed E-state index contributed by atoms with van der Waals surface area (Å²) in [6.07, 6.45) is -0.958. The van der Waals surface area contributed by atoms with Crippen molar-refractivity contribution in [2.24, 2.45) is 0 Å². The molecule has 2 aromatic rings. The van der Waals surface area contributed by atoms with Gasteiger partial charge in [0.15, 0.2) is 5.11 Å². The molecule has 0 aliphatic carbocycles. The quantitative estimate of drug-likeness (QED) is 0.422. The van der Waals surface area contributed by atoms with Gasteiger partial charge in [-0.05, 0) is 23.7 Å². The van der Waals surface area contributed by atoms with Gasteiger partial charge in [0.05, 0.1) is 0 Å². The molecule has 4 nitrogen and oxygen atoms in total. The summed E-state index contributed by atoms with van der Waals surface area (Å²) >= 11 is 22.8. The number of thiocarbonyl (C=S) groups is 1. The van der Waals surface area contributed by atoms with Gasteiger partial charge < -0.3 is 16.0 Å². The van der Waals surface area contributed by atoms with Crippen molar-refractivity contribution in [1.82, 2.24) is 10.6 Å². The predicted molar refractivity (Wildman–Crippen MR) is 101 cm³/mol. The average molecular weight is 391 g/mol. The number of hydrogen-bond acceptors (Lipinski definition) is 2. The van der Waals surface area contributed by atoms with Crippen molar-refractivity contribution in [3.05, 3.63) is 42.5 Å². The lowest BCUT2D eigenvalue weighted by Crippen LogP contribution is -2.55. The lowest BCUT2D eigenvalue weighted by molar-refractivity contribution is -0.119. The molecule has 0 saturated carbocycles. The summed E-state index contributed by atoms with van der Waals surface area (Å²) in [5.74, 6) is -0.346. The Morgan fingerprint density at radius 2 is 1.74 bits per heavy atom. The van der Waals surface area contributed by atoms with Crippen LogP contribution in [0.3, 0.4) is 0 Å². The maximum atomic E-state index is 11.2. The molecule has 3 N–H and O–H groups in total. The normalized spacial score (nSPS) is 12.5. The van der Waals surface area contributed by atoms with Gasteiger partial charge in [-0.2, -0.15) is 0 Å². The van der Waals surface area contributed by atoms with E-state index >= 15 is 0 Å². The number of carbonyl (C=O) groups excluding carboxylic acids is 1. The van der Waals surface area contributed by atoms with Crippen LogP contribution in [0.1, 0.15) is 6.92 Å². The van der Waals surface area contributed by atoms with E-state index in [-0.39, 0.29) is 11.0 Å². The Kier molecular flexibility index (Phi) is 5.92. The molecule has 0 saturated heterocycles. The molecule has 0 unspecified atom stereocenters. The lowest BCUT2D eigenvalue weighted by atomic mass is 10.1. The van der Waals surface area contributed by atoms with Gasteiger partial charge in [-0.3, -0.25) is 4.79 Å². The summed E-state index contributed by atoms with van der Waals surface area (Å²) in [7, 11) is 0. The molecule has 0 fully saturated rings. The highest BCUT2D eigenvalue weighted by molar-refractivity contribution is 7.80. The predicted octanol–water partition coefficient (Wildman–Crippen LogP) is 3.96. The summed E-state index contributed by atoms with van der Waals surface area (Å²) in [6, 6.07) is 13.7. The SMILES string of the molecule is CC(=O)N[C@H](NC(=S)Nc1cccc2ccccc12)C(Cl)(Cl)Cl. The molecule has 0 spiro atoms. The van der Waals surface area contributed by atoms with Crippen molar-refractivity contribution >= 4 is 74.5 Å². The first-order chi connectivity index (χ1) is 10.8. The molecule has 0 aliphatic rings. The summed E-state index contributed by atoms with van der Waals surface area (Å²) in [6.45, 7) is 1.33. The van der Waals surface area contributed by atoms with Crippen LogP contribution < -0.4 is 16.0 Å². The molecule has 0 aliphatic heterocycles. The number of benzene rings is 2. The van der Waals surface area contributed by atoms with Gasteiger partial charge in [0.25, 0.3) is 0 Å². The number of alkyl halides is 3. The fraction of sp³-hybridized carbons (Fsp3) is 0.200. The van der Waals surface area contributed by atoms with E-state index in [1.54, 1.807) is 0 Å². The summed E-state index contributed by atoms with van der Waals surface area (Å²) in [5, 5.41) is 10.6. The number of nitrogens with one attached hydrogen (secondary N) is 3. The Balaban J connectivity index is 2.15. The smallest absolute Gasteiger partial charge is 0.228 e. The van der Waals surface area contributed by atoms with Crippen LogP contribution >= 0.6 is 47.0 Å². The van der Waals surface area contributed by atoms with Crippen LogP contribution in [0.2, 0.25) is 0 Å². The number of hydrogen-bond donors (Lipinski definition) is 3. The van der Waals surface area contributed by atoms with Crippen molar-refractivity contribution in [2.75, 3.05) is 5.32 Å². The lowest BCUT2D eigenvalue weighted by Gasteiger charge is -2.27. The van der Waals surface area contributed by atoms with Crippen molar-refractivity contribution < 1.29 is 4.79 Å². The third-order valence-electron chi connectivity index (χ3n) is 2.99. The molecule has 2 aromatic carbocycles. The standard InChI is InChI=1S/C15H14Cl3N3OS/c1-9(22)19-13(15(16,17)18)21-14(23)20-12-8-4-6-10-5-2-3-7-11(10)12/h2-8,13H,1H3,(H,19,22)(H2,20,21,23)/t13-/m1/s1. The van der Waals surface area contributed by atoms with Crippen molar-refractivity contribution in [3.8, 4) is 0 Å². The maximum absolute atomic E-state index is 11.2. The molecule has 0 bridgehead atoms. The zero-order valence-electron chi connectivity index (χ0n) is 12.1. The van der Waals surface area contributed by atoms with Crippen LogP contribution in [0.25, 0.3) is 10.8 Å². The third kappa shape index (κ3) is 5.11. The second kappa shape index (κ2) is 7.53. The van der Waals surface area contributed by atoms with Gasteiger partial charge in [-0.25, -0.2) is 0 Å². The molecule has 8 heteroatoms. The summed E-state index contributed by atoms with van der Waals surface area (Å²) in [5.41, 5.74) is 0.812. The van der Waals surface area contributed by atoms with Crippen LogP contribution in [0.5, 0.6) is 0 Å². The highest BCUT2D eigenvalue weighted by Gasteiger charge is 2.34. The zero-order valence-corrected chi connectivity index (χ0v) is 15.2. The molecule has 1 amide bonds. The van der Waals surface area contributed by atoms with E-state index in [2.05, 4.69) is 16.0 Å². The van der Waals surface area contributed by atoms with E-state index < -0.39 is 9.96 Å². The molecule has 0 radical (unpaired) electrons. The van der Waals surface area contributed by atoms with Crippen LogP contribution in [0.15, 0.2) is 42.5 Å². The summed E-state index contributed by atoms with van der Waals surface area (Å²) < 4.78 is -1.75. The number of rotatable bonds is 3. The Bertz CT molecular complexity index is 728. The van der Waals surface area contributed by atoms with Crippen molar-refractivity contribution in [3.63, 3.8) is 0 Å². The van der Waals surface area contributed by atoms with E-state index in [9.17, 15) is 4.79 Å². The Morgan fingerprint density at radius 3 is 2.39 bits per heavy atom. The van der Waals surface area contributed by atoms with Gasteiger partial charge in [0.2, 0.25) is 9.70 Å². The van der Waals surface area contributed by atoms with Gasteiger partial charge in [0.1, 0.15) is 6.17 Å². The average Bonchev–Trinajstić information content (AvgIpc) is 2.45. The first-order valence-electron chi connectivity index (χ1n) is 6.66. The minimum Gasteiger partial charge on any atom is -0.339 e. The van der Waals surface area contributed by atoms with Gasteiger partial charge in [0, 0.05) is 18.0 Å². The molecule has 0 heterocycles. The zero-order chi connectivity index (χ0) is 17.0. The molecular weight excluding hydrogens is 377 g/mol. The molecule has 0 aromatic heterocycles. The first-order valence-corrected chi connectivity index (χ1v) is 8.20. The van der Waals surface area contributed by atoms with Gasteiger partial charge >= 0.3 is 0 Å². The number of amides is 1. The third-order valence-corrected chi connectivity index (χ3v) is 3.86.